The van der Waals surface area contributed by atoms with Gasteiger partial charge < -0.3 is 9.30 Å². The molecule has 7 nitrogen and oxygen atoms in total. The second-order valence-corrected chi connectivity index (χ2v) is 9.39. The molecule has 1 saturated heterocycles. The molecule has 27 heavy (non-hydrogen) atoms. The van der Waals surface area contributed by atoms with Gasteiger partial charge in [0.25, 0.3) is 5.91 Å². The van der Waals surface area contributed by atoms with Gasteiger partial charge in [-0.1, -0.05) is 17.3 Å². The van der Waals surface area contributed by atoms with Crippen molar-refractivity contribution in [3.8, 4) is 18.1 Å². The van der Waals surface area contributed by atoms with E-state index in [9.17, 15) is 13.2 Å². The van der Waals surface area contributed by atoms with Gasteiger partial charge >= 0.3 is 0 Å². The Labute approximate surface area is 162 Å². The van der Waals surface area contributed by atoms with Crippen LogP contribution in [0.5, 0.6) is 5.75 Å². The number of sulfonamides is 1. The first-order valence-electron chi connectivity index (χ1n) is 8.48. The van der Waals surface area contributed by atoms with Gasteiger partial charge in [0.05, 0.1) is 30.1 Å². The molecule has 0 unspecified atom stereocenters. The Morgan fingerprint density at radius 3 is 2.70 bits per heavy atom. The molecule has 0 N–H and O–H groups in total. The fourth-order valence-corrected chi connectivity index (χ4v) is 5.07. The third kappa shape index (κ3) is 4.24. The SMILES string of the molecule is C#CCn1c(=NC(=O)C2CCN(S(C)(=O)=O)CC2)sc2cc(OC)ccc21. The van der Waals surface area contributed by atoms with Crippen LogP contribution in [0.3, 0.4) is 0 Å². The molecule has 144 valence electrons. The van der Waals surface area contributed by atoms with E-state index in [-0.39, 0.29) is 11.8 Å². The van der Waals surface area contributed by atoms with Crippen molar-refractivity contribution in [2.45, 2.75) is 19.4 Å². The molecule has 9 heteroatoms. The summed E-state index contributed by atoms with van der Waals surface area (Å²) >= 11 is 1.38. The van der Waals surface area contributed by atoms with Crippen molar-refractivity contribution < 1.29 is 17.9 Å². The van der Waals surface area contributed by atoms with Gasteiger partial charge in [0.1, 0.15) is 5.75 Å². The number of fused-ring (bicyclic) bond motifs is 1. The Balaban J connectivity index is 1.90. The highest BCUT2D eigenvalue weighted by Gasteiger charge is 2.28. The number of terminal acetylenes is 1. The number of hydrogen-bond donors (Lipinski definition) is 0. The van der Waals surface area contributed by atoms with E-state index in [0.29, 0.717) is 37.3 Å². The third-order valence-electron chi connectivity index (χ3n) is 4.62. The highest BCUT2D eigenvalue weighted by molar-refractivity contribution is 7.88. The molecular weight excluding hydrogens is 386 g/mol. The molecule has 0 radical (unpaired) electrons. The summed E-state index contributed by atoms with van der Waals surface area (Å²) in [6.45, 7) is 1.00. The molecule has 2 heterocycles. The zero-order valence-electron chi connectivity index (χ0n) is 15.2. The van der Waals surface area contributed by atoms with Crippen LogP contribution >= 0.6 is 11.3 Å². The van der Waals surface area contributed by atoms with Crippen molar-refractivity contribution >= 4 is 37.5 Å². The van der Waals surface area contributed by atoms with Crippen LogP contribution in [-0.2, 0) is 21.4 Å². The number of rotatable bonds is 4. The van der Waals surface area contributed by atoms with Crippen LogP contribution in [0.25, 0.3) is 10.2 Å². The van der Waals surface area contributed by atoms with Crippen molar-refractivity contribution in [1.29, 1.82) is 0 Å². The lowest BCUT2D eigenvalue weighted by Crippen LogP contribution is -2.39. The minimum absolute atomic E-state index is 0.229. The number of aromatic nitrogens is 1. The van der Waals surface area contributed by atoms with E-state index in [0.717, 1.165) is 16.0 Å². The first-order valence-corrected chi connectivity index (χ1v) is 11.1. The van der Waals surface area contributed by atoms with E-state index < -0.39 is 10.0 Å². The Kier molecular flexibility index (Phi) is 5.69. The van der Waals surface area contributed by atoms with E-state index in [1.807, 2.05) is 22.8 Å². The van der Waals surface area contributed by atoms with Crippen LogP contribution in [0, 0.1) is 18.3 Å². The van der Waals surface area contributed by atoms with Gasteiger partial charge in [-0.05, 0) is 31.0 Å². The summed E-state index contributed by atoms with van der Waals surface area (Å²) in [5, 5.41) is 0. The monoisotopic (exact) mass is 407 g/mol. The molecular formula is C18H21N3O4S2. The number of hydrogen-bond acceptors (Lipinski definition) is 5. The number of methoxy groups -OCH3 is 1. The quantitative estimate of drug-likeness (QED) is 0.719. The topological polar surface area (TPSA) is 81.0 Å². The van der Waals surface area contributed by atoms with Crippen LogP contribution in [0.1, 0.15) is 12.8 Å². The van der Waals surface area contributed by atoms with Gasteiger partial charge in [0.2, 0.25) is 10.0 Å². The van der Waals surface area contributed by atoms with Crippen molar-refractivity contribution in [2.24, 2.45) is 10.9 Å². The molecule has 0 bridgehead atoms. The smallest absolute Gasteiger partial charge is 0.251 e. The first kappa shape index (κ1) is 19.6. The second kappa shape index (κ2) is 7.84. The molecule has 1 aromatic heterocycles. The Morgan fingerprint density at radius 1 is 1.41 bits per heavy atom. The average molecular weight is 408 g/mol. The zero-order valence-corrected chi connectivity index (χ0v) is 16.8. The number of carbonyl (C=O) groups is 1. The number of nitrogens with zero attached hydrogens (tertiary/aromatic N) is 3. The molecule has 0 atom stereocenters. The number of thiazole rings is 1. The third-order valence-corrected chi connectivity index (χ3v) is 6.96. The maximum Gasteiger partial charge on any atom is 0.251 e. The van der Waals surface area contributed by atoms with E-state index in [4.69, 9.17) is 11.2 Å². The summed E-state index contributed by atoms with van der Waals surface area (Å²) in [7, 11) is -1.62. The van der Waals surface area contributed by atoms with Gasteiger partial charge in [-0.15, -0.1) is 6.42 Å². The lowest BCUT2D eigenvalue weighted by Gasteiger charge is -2.28. The van der Waals surface area contributed by atoms with Gasteiger partial charge in [0.15, 0.2) is 4.80 Å². The van der Waals surface area contributed by atoms with Gasteiger partial charge in [0, 0.05) is 19.0 Å². The summed E-state index contributed by atoms with van der Waals surface area (Å²) in [5.41, 5.74) is 0.900. The molecule has 0 aliphatic carbocycles. The Morgan fingerprint density at radius 2 is 2.11 bits per heavy atom. The van der Waals surface area contributed by atoms with E-state index >= 15 is 0 Å². The molecule has 1 amide bonds. The molecule has 2 aromatic rings. The number of benzene rings is 1. The van der Waals surface area contributed by atoms with Crippen LogP contribution in [-0.4, -0.2) is 49.7 Å². The molecule has 3 rings (SSSR count). The number of ether oxygens (including phenoxy) is 1. The maximum absolute atomic E-state index is 12.7. The zero-order chi connectivity index (χ0) is 19.6. The van der Waals surface area contributed by atoms with Crippen molar-refractivity contribution in [3.63, 3.8) is 0 Å². The number of piperidine rings is 1. The fourth-order valence-electron chi connectivity index (χ4n) is 3.13. The predicted molar refractivity (Wildman–Crippen MR) is 105 cm³/mol. The molecule has 1 aliphatic rings. The largest absolute Gasteiger partial charge is 0.497 e. The van der Waals surface area contributed by atoms with Crippen molar-refractivity contribution in [2.75, 3.05) is 26.5 Å². The molecule has 0 saturated carbocycles. The van der Waals surface area contributed by atoms with Crippen LogP contribution in [0.4, 0.5) is 0 Å². The summed E-state index contributed by atoms with van der Waals surface area (Å²) in [6.07, 6.45) is 7.62. The van der Waals surface area contributed by atoms with Crippen molar-refractivity contribution in [1.82, 2.24) is 8.87 Å². The standard InChI is InChI=1S/C18H21N3O4S2/c1-4-9-21-15-6-5-14(25-2)12-16(15)26-18(21)19-17(22)13-7-10-20(11-8-13)27(3,23)24/h1,5-6,12-13H,7-11H2,2-3H3. The van der Waals surface area contributed by atoms with E-state index in [1.54, 1.807) is 7.11 Å². The lowest BCUT2D eigenvalue weighted by atomic mass is 9.98. The summed E-state index contributed by atoms with van der Waals surface area (Å²) in [5.74, 6) is 2.82. The normalized spacial score (nSPS) is 17.1. The Bertz CT molecular complexity index is 1070. The van der Waals surface area contributed by atoms with Crippen LogP contribution < -0.4 is 9.54 Å². The molecule has 1 fully saturated rings. The molecule has 1 aromatic carbocycles. The van der Waals surface area contributed by atoms with Crippen LogP contribution in [0.15, 0.2) is 23.2 Å². The van der Waals surface area contributed by atoms with Crippen molar-refractivity contribution in [3.05, 3.63) is 23.0 Å². The lowest BCUT2D eigenvalue weighted by molar-refractivity contribution is -0.122. The number of carbonyl (C=O) groups excluding carboxylic acids is 1. The van der Waals surface area contributed by atoms with E-state index in [1.165, 1.54) is 21.9 Å². The number of amides is 1. The summed E-state index contributed by atoms with van der Waals surface area (Å²) < 4.78 is 32.6. The van der Waals surface area contributed by atoms with Gasteiger partial charge in [-0.25, -0.2) is 12.7 Å². The van der Waals surface area contributed by atoms with Gasteiger partial charge in [-0.2, -0.15) is 4.99 Å². The minimum Gasteiger partial charge on any atom is -0.497 e. The second-order valence-electron chi connectivity index (χ2n) is 6.39. The highest BCUT2D eigenvalue weighted by atomic mass is 32.2. The minimum atomic E-state index is -3.22. The van der Waals surface area contributed by atoms with Gasteiger partial charge in [-0.3, -0.25) is 4.79 Å². The molecule has 0 spiro atoms. The average Bonchev–Trinajstić information content (AvgIpc) is 2.97. The summed E-state index contributed by atoms with van der Waals surface area (Å²) in [4.78, 5) is 17.5. The highest BCUT2D eigenvalue weighted by Crippen LogP contribution is 2.24. The van der Waals surface area contributed by atoms with E-state index in [2.05, 4.69) is 10.9 Å². The first-order chi connectivity index (χ1) is 12.8. The maximum atomic E-state index is 12.7. The predicted octanol–water partition coefficient (Wildman–Crippen LogP) is 1.44. The van der Waals surface area contributed by atoms with Crippen LogP contribution in [0.2, 0.25) is 0 Å². The molecule has 1 aliphatic heterocycles. The summed E-state index contributed by atoms with van der Waals surface area (Å²) in [6, 6.07) is 5.63. The Hall–Kier alpha value is -2.15. The fraction of sp³-hybridized carbons (Fsp3) is 0.444.